The number of ether oxygens (including phenoxy) is 1. The first-order chi connectivity index (χ1) is 5.65. The molecule has 0 saturated heterocycles. The first-order valence-corrected chi connectivity index (χ1v) is 4.45. The van der Waals surface area contributed by atoms with E-state index in [1.165, 1.54) is 0 Å². The van der Waals surface area contributed by atoms with E-state index in [0.717, 1.165) is 11.8 Å². The van der Waals surface area contributed by atoms with Crippen molar-refractivity contribution in [2.24, 2.45) is 4.99 Å². The number of carbonyl (C=O) groups is 2. The summed E-state index contributed by atoms with van der Waals surface area (Å²) < 4.78 is 4.69. The van der Waals surface area contributed by atoms with Crippen LogP contribution in [0.2, 0.25) is 0 Å². The predicted octanol–water partition coefficient (Wildman–Crippen LogP) is 0.610. The lowest BCUT2D eigenvalue weighted by molar-refractivity contribution is -0.144. The van der Waals surface area contributed by atoms with E-state index in [4.69, 9.17) is 4.74 Å². The predicted molar refractivity (Wildman–Crippen MR) is 46.1 cm³/mol. The Morgan fingerprint density at radius 2 is 2.42 bits per heavy atom. The van der Waals surface area contributed by atoms with Gasteiger partial charge < -0.3 is 4.74 Å². The molecule has 0 aromatic carbocycles. The molecule has 4 nitrogen and oxygen atoms in total. The smallest absolute Gasteiger partial charge is 0.329 e. The molecule has 0 radical (unpaired) electrons. The largest absolute Gasteiger partial charge is 0.465 e. The molecule has 5 heteroatoms. The Morgan fingerprint density at radius 3 is 2.83 bits per heavy atom. The monoisotopic (exact) mass is 187 g/mol. The van der Waals surface area contributed by atoms with Crippen LogP contribution in [0.5, 0.6) is 0 Å². The van der Waals surface area contributed by atoms with Gasteiger partial charge in [-0.2, -0.15) is 0 Å². The third-order valence-corrected chi connectivity index (χ3v) is 2.34. The fourth-order valence-electron chi connectivity index (χ4n) is 0.828. The molecule has 1 aliphatic heterocycles. The van der Waals surface area contributed by atoms with E-state index in [0.29, 0.717) is 11.7 Å². The maximum Gasteiger partial charge on any atom is 0.329 e. The lowest BCUT2D eigenvalue weighted by Gasteiger charge is -2.04. The number of carbonyl (C=O) groups excluding carboxylic acids is 2. The number of amides is 1. The van der Waals surface area contributed by atoms with Crippen molar-refractivity contribution in [2.75, 3.05) is 6.61 Å². The molecule has 1 rings (SSSR count). The van der Waals surface area contributed by atoms with Crippen molar-refractivity contribution in [3.8, 4) is 0 Å². The number of aliphatic imine (C=N–C) groups is 1. The van der Waals surface area contributed by atoms with Crippen LogP contribution in [0.1, 0.15) is 13.8 Å². The lowest BCUT2D eigenvalue weighted by atomic mass is 10.4. The minimum atomic E-state index is -0.759. The van der Waals surface area contributed by atoms with Crippen LogP contribution in [-0.4, -0.2) is 28.8 Å². The van der Waals surface area contributed by atoms with Gasteiger partial charge >= 0.3 is 5.97 Å². The summed E-state index contributed by atoms with van der Waals surface area (Å²) in [5, 5.41) is -0.136. The van der Waals surface area contributed by atoms with Gasteiger partial charge in [-0.25, -0.2) is 4.99 Å². The molecule has 0 fully saturated rings. The van der Waals surface area contributed by atoms with E-state index in [9.17, 15) is 9.59 Å². The molecule has 1 amide bonds. The topological polar surface area (TPSA) is 55.7 Å². The maximum atomic E-state index is 11.1. The van der Waals surface area contributed by atoms with E-state index >= 15 is 0 Å². The molecule has 66 valence electrons. The molecule has 1 aliphatic rings. The fourth-order valence-corrected chi connectivity index (χ4v) is 1.63. The van der Waals surface area contributed by atoms with Gasteiger partial charge in [-0.1, -0.05) is 11.8 Å². The zero-order valence-corrected chi connectivity index (χ0v) is 7.68. The summed E-state index contributed by atoms with van der Waals surface area (Å²) in [6.45, 7) is 3.69. The molecule has 0 saturated carbocycles. The summed E-state index contributed by atoms with van der Waals surface area (Å²) in [4.78, 5) is 25.7. The molecule has 0 N–H and O–H groups in total. The summed E-state index contributed by atoms with van der Waals surface area (Å²) in [5.74, 6) is -0.899. The summed E-state index contributed by atoms with van der Waals surface area (Å²) in [6, 6.07) is 0. The Kier molecular flexibility index (Phi) is 2.86. The van der Waals surface area contributed by atoms with E-state index in [1.807, 2.05) is 0 Å². The first-order valence-electron chi connectivity index (χ1n) is 3.57. The van der Waals surface area contributed by atoms with Crippen LogP contribution in [0.25, 0.3) is 0 Å². The number of thioether (sulfide) groups is 1. The Balaban J connectivity index is 2.57. The quantitative estimate of drug-likeness (QED) is 0.469. The summed E-state index contributed by atoms with van der Waals surface area (Å²) in [6.07, 6.45) is 0. The normalized spacial score (nSPS) is 22.3. The van der Waals surface area contributed by atoms with Gasteiger partial charge in [-0.3, -0.25) is 9.59 Å². The summed E-state index contributed by atoms with van der Waals surface area (Å²) in [5.41, 5.74) is 0. The van der Waals surface area contributed by atoms with Crippen molar-refractivity contribution in [3.05, 3.63) is 0 Å². The Labute approximate surface area is 74.4 Å². The second-order valence-corrected chi connectivity index (χ2v) is 3.52. The van der Waals surface area contributed by atoms with Crippen LogP contribution in [0.4, 0.5) is 0 Å². The van der Waals surface area contributed by atoms with Gasteiger partial charge in [-0.15, -0.1) is 0 Å². The number of hydrogen-bond donors (Lipinski definition) is 0. The van der Waals surface area contributed by atoms with Gasteiger partial charge in [0.1, 0.15) is 0 Å². The fraction of sp³-hybridized carbons (Fsp3) is 0.571. The van der Waals surface area contributed by atoms with Crippen molar-refractivity contribution in [3.63, 3.8) is 0 Å². The molecular weight excluding hydrogens is 178 g/mol. The molecule has 1 heterocycles. The van der Waals surface area contributed by atoms with Crippen molar-refractivity contribution in [1.82, 2.24) is 0 Å². The molecule has 1 atom stereocenters. The van der Waals surface area contributed by atoms with Crippen molar-refractivity contribution < 1.29 is 14.3 Å². The first kappa shape index (κ1) is 9.25. The molecule has 1 unspecified atom stereocenters. The Hall–Kier alpha value is -0.840. The van der Waals surface area contributed by atoms with E-state index in [-0.39, 0.29) is 0 Å². The van der Waals surface area contributed by atoms with Crippen LogP contribution in [0.3, 0.4) is 0 Å². The third-order valence-electron chi connectivity index (χ3n) is 1.28. The Bertz CT molecular complexity index is 249. The van der Waals surface area contributed by atoms with Crippen molar-refractivity contribution in [2.45, 2.75) is 19.1 Å². The van der Waals surface area contributed by atoms with Crippen molar-refractivity contribution >= 4 is 28.7 Å². The third kappa shape index (κ3) is 1.85. The minimum absolute atomic E-state index is 0.294. The highest BCUT2D eigenvalue weighted by Gasteiger charge is 2.33. The molecule has 0 bridgehead atoms. The average molecular weight is 187 g/mol. The van der Waals surface area contributed by atoms with E-state index in [1.54, 1.807) is 13.8 Å². The summed E-state index contributed by atoms with van der Waals surface area (Å²) in [7, 11) is 0. The van der Waals surface area contributed by atoms with Crippen LogP contribution in [0.15, 0.2) is 4.99 Å². The van der Waals surface area contributed by atoms with Crippen molar-refractivity contribution in [1.29, 1.82) is 0 Å². The number of nitrogens with zero attached hydrogens (tertiary/aromatic N) is 1. The molecule has 12 heavy (non-hydrogen) atoms. The van der Waals surface area contributed by atoms with Gasteiger partial charge in [0.05, 0.1) is 11.7 Å². The maximum absolute atomic E-state index is 11.1. The van der Waals surface area contributed by atoms with Gasteiger partial charge in [0.25, 0.3) is 5.91 Å². The second kappa shape index (κ2) is 3.71. The highest BCUT2D eigenvalue weighted by Crippen LogP contribution is 2.22. The Morgan fingerprint density at radius 1 is 1.75 bits per heavy atom. The molecule has 0 aromatic rings. The zero-order chi connectivity index (χ0) is 9.14. The van der Waals surface area contributed by atoms with E-state index in [2.05, 4.69) is 4.99 Å². The van der Waals surface area contributed by atoms with Gasteiger partial charge in [0.2, 0.25) is 0 Å². The van der Waals surface area contributed by atoms with Gasteiger partial charge in [0, 0.05) is 0 Å². The lowest BCUT2D eigenvalue weighted by Crippen LogP contribution is -2.24. The van der Waals surface area contributed by atoms with Crippen LogP contribution in [-0.2, 0) is 14.3 Å². The van der Waals surface area contributed by atoms with Crippen LogP contribution < -0.4 is 0 Å². The van der Waals surface area contributed by atoms with Crippen LogP contribution in [0, 0.1) is 0 Å². The highest BCUT2D eigenvalue weighted by atomic mass is 32.2. The van der Waals surface area contributed by atoms with Gasteiger partial charge in [-0.05, 0) is 13.8 Å². The number of rotatable bonds is 2. The molecular formula is C7H9NO3S. The second-order valence-electron chi connectivity index (χ2n) is 2.22. The van der Waals surface area contributed by atoms with Gasteiger partial charge in [0.15, 0.2) is 5.25 Å². The van der Waals surface area contributed by atoms with Crippen LogP contribution >= 0.6 is 11.8 Å². The SMILES string of the molecule is CCOC(=O)C1SC(C)=NC1=O. The molecule has 0 spiro atoms. The molecule has 0 aromatic heterocycles. The minimum Gasteiger partial charge on any atom is -0.465 e. The number of hydrogen-bond acceptors (Lipinski definition) is 4. The average Bonchev–Trinajstić information content (AvgIpc) is 2.30. The summed E-state index contributed by atoms with van der Waals surface area (Å²) >= 11 is 1.15. The highest BCUT2D eigenvalue weighted by molar-refractivity contribution is 8.16. The standard InChI is InChI=1S/C7H9NO3S/c1-3-11-7(10)5-6(9)8-4(2)12-5/h5H,3H2,1-2H3. The zero-order valence-electron chi connectivity index (χ0n) is 6.86. The van der Waals surface area contributed by atoms with E-state index < -0.39 is 17.1 Å². The number of esters is 1. The molecule has 0 aliphatic carbocycles.